The topological polar surface area (TPSA) is 48.0 Å². The van der Waals surface area contributed by atoms with Crippen LogP contribution in [0.15, 0.2) is 54.6 Å². The summed E-state index contributed by atoms with van der Waals surface area (Å²) in [7, 11) is 0. The molecule has 25 heavy (non-hydrogen) atoms. The third-order valence-corrected chi connectivity index (χ3v) is 4.60. The molecule has 1 amide bonds. The zero-order chi connectivity index (χ0) is 18.0. The minimum Gasteiger partial charge on any atom is -0.366 e. The number of nitrogens with zero attached hydrogens (tertiary/aromatic N) is 1. The zero-order valence-electron chi connectivity index (χ0n) is 14.4. The van der Waals surface area contributed by atoms with Crippen LogP contribution < -0.4 is 5.73 Å². The number of rotatable bonds is 5. The Bertz CT molecular complexity index is 896. The van der Waals surface area contributed by atoms with E-state index >= 15 is 0 Å². The van der Waals surface area contributed by atoms with E-state index in [4.69, 9.17) is 5.73 Å². The molecule has 0 atom stereocenters. The molecule has 0 bridgehead atoms. The Balaban J connectivity index is 2.03. The number of hydrogen-bond acceptors (Lipinski definition) is 1. The quantitative estimate of drug-likeness (QED) is 0.744. The van der Waals surface area contributed by atoms with Crippen LogP contribution in [0.1, 0.15) is 27.2 Å². The van der Waals surface area contributed by atoms with Gasteiger partial charge in [-0.15, -0.1) is 0 Å². The molecule has 3 nitrogen and oxygen atoms in total. The number of benzene rings is 2. The van der Waals surface area contributed by atoms with Gasteiger partial charge in [-0.1, -0.05) is 42.5 Å². The Kier molecular flexibility index (Phi) is 4.70. The fraction of sp³-hybridized carbons (Fsp3) is 0.190. The van der Waals surface area contributed by atoms with Gasteiger partial charge in [0.15, 0.2) is 0 Å². The third kappa shape index (κ3) is 3.33. The van der Waals surface area contributed by atoms with Crippen molar-refractivity contribution in [3.05, 3.63) is 82.8 Å². The van der Waals surface area contributed by atoms with Crippen LogP contribution in [-0.4, -0.2) is 10.5 Å². The summed E-state index contributed by atoms with van der Waals surface area (Å²) in [4.78, 5) is 11.9. The van der Waals surface area contributed by atoms with Crippen LogP contribution in [0.25, 0.3) is 11.3 Å². The Hall–Kier alpha value is -2.88. The van der Waals surface area contributed by atoms with Crippen molar-refractivity contribution >= 4 is 5.91 Å². The number of halogens is 1. The van der Waals surface area contributed by atoms with Gasteiger partial charge in [-0.05, 0) is 49.1 Å². The van der Waals surface area contributed by atoms with E-state index in [1.807, 2.05) is 44.2 Å². The number of hydrogen-bond donors (Lipinski definition) is 1. The second-order valence-electron chi connectivity index (χ2n) is 6.19. The molecule has 3 aromatic rings. The lowest BCUT2D eigenvalue weighted by molar-refractivity contribution is 0.0999. The molecule has 3 rings (SSSR count). The molecular weight excluding hydrogens is 315 g/mol. The van der Waals surface area contributed by atoms with Gasteiger partial charge < -0.3 is 10.3 Å². The molecule has 0 fully saturated rings. The SMILES string of the molecule is Cc1c(C(N)=O)c(C)n(CCc2ccc(F)cc2)c1-c1ccccc1. The predicted molar refractivity (Wildman–Crippen MR) is 98.0 cm³/mol. The van der Waals surface area contributed by atoms with Crippen molar-refractivity contribution in [3.8, 4) is 11.3 Å². The van der Waals surface area contributed by atoms with E-state index < -0.39 is 5.91 Å². The molecule has 2 aromatic carbocycles. The van der Waals surface area contributed by atoms with Gasteiger partial charge in [0.1, 0.15) is 5.82 Å². The van der Waals surface area contributed by atoms with Crippen molar-refractivity contribution < 1.29 is 9.18 Å². The lowest BCUT2D eigenvalue weighted by Crippen LogP contribution is -2.13. The highest BCUT2D eigenvalue weighted by atomic mass is 19.1. The number of carbonyl (C=O) groups excluding carboxylic acids is 1. The van der Waals surface area contributed by atoms with E-state index in [0.717, 1.165) is 34.5 Å². The van der Waals surface area contributed by atoms with E-state index in [0.29, 0.717) is 12.1 Å². The summed E-state index contributed by atoms with van der Waals surface area (Å²) in [5, 5.41) is 0. The predicted octanol–water partition coefficient (Wildman–Crippen LogP) is 4.25. The van der Waals surface area contributed by atoms with Crippen molar-refractivity contribution in [3.63, 3.8) is 0 Å². The molecule has 0 aliphatic rings. The minimum absolute atomic E-state index is 0.238. The number of amides is 1. The Morgan fingerprint density at radius 1 is 1.04 bits per heavy atom. The third-order valence-electron chi connectivity index (χ3n) is 4.60. The monoisotopic (exact) mass is 336 g/mol. The number of aryl methyl sites for hydroxylation is 1. The summed E-state index contributed by atoms with van der Waals surface area (Å²) in [6, 6.07) is 16.5. The van der Waals surface area contributed by atoms with Crippen LogP contribution in [-0.2, 0) is 13.0 Å². The Morgan fingerprint density at radius 3 is 2.28 bits per heavy atom. The van der Waals surface area contributed by atoms with Gasteiger partial charge in [0.05, 0.1) is 11.3 Å². The molecule has 0 radical (unpaired) electrons. The highest BCUT2D eigenvalue weighted by molar-refractivity contribution is 5.97. The summed E-state index contributed by atoms with van der Waals surface area (Å²) in [5.74, 6) is -0.648. The van der Waals surface area contributed by atoms with E-state index in [-0.39, 0.29) is 5.82 Å². The first-order chi connectivity index (χ1) is 12.0. The summed E-state index contributed by atoms with van der Waals surface area (Å²) < 4.78 is 15.2. The molecule has 0 saturated heterocycles. The first-order valence-corrected chi connectivity index (χ1v) is 8.28. The van der Waals surface area contributed by atoms with Crippen LogP contribution in [0.4, 0.5) is 4.39 Å². The fourth-order valence-corrected chi connectivity index (χ4v) is 3.40. The van der Waals surface area contributed by atoms with Gasteiger partial charge in [0, 0.05) is 12.2 Å². The van der Waals surface area contributed by atoms with E-state index in [1.165, 1.54) is 12.1 Å². The normalized spacial score (nSPS) is 10.8. The first kappa shape index (κ1) is 17.0. The van der Waals surface area contributed by atoms with E-state index in [2.05, 4.69) is 4.57 Å². The molecule has 4 heteroatoms. The molecule has 128 valence electrons. The largest absolute Gasteiger partial charge is 0.366 e. The van der Waals surface area contributed by atoms with Gasteiger partial charge >= 0.3 is 0 Å². The maximum absolute atomic E-state index is 13.1. The van der Waals surface area contributed by atoms with Crippen molar-refractivity contribution in [2.75, 3.05) is 0 Å². The lowest BCUT2D eigenvalue weighted by Gasteiger charge is -2.13. The van der Waals surface area contributed by atoms with Gasteiger partial charge in [0.25, 0.3) is 5.91 Å². The van der Waals surface area contributed by atoms with Crippen molar-refractivity contribution in [2.24, 2.45) is 5.73 Å². The van der Waals surface area contributed by atoms with Crippen molar-refractivity contribution in [2.45, 2.75) is 26.8 Å². The van der Waals surface area contributed by atoms with Crippen LogP contribution in [0.5, 0.6) is 0 Å². The molecule has 0 aliphatic carbocycles. The van der Waals surface area contributed by atoms with Crippen molar-refractivity contribution in [1.82, 2.24) is 4.57 Å². The highest BCUT2D eigenvalue weighted by Gasteiger charge is 2.21. The number of nitrogens with two attached hydrogens (primary N) is 1. The van der Waals surface area contributed by atoms with Crippen molar-refractivity contribution in [1.29, 1.82) is 0 Å². The minimum atomic E-state index is -0.410. The first-order valence-electron chi connectivity index (χ1n) is 8.28. The average molecular weight is 336 g/mol. The van der Waals surface area contributed by atoms with Gasteiger partial charge in [-0.25, -0.2) is 4.39 Å². The van der Waals surface area contributed by atoms with E-state index in [9.17, 15) is 9.18 Å². The highest BCUT2D eigenvalue weighted by Crippen LogP contribution is 2.31. The van der Waals surface area contributed by atoms with Crippen LogP contribution in [0.3, 0.4) is 0 Å². The molecule has 2 N–H and O–H groups in total. The second-order valence-corrected chi connectivity index (χ2v) is 6.19. The lowest BCUT2D eigenvalue weighted by atomic mass is 10.0. The Labute approximate surface area is 146 Å². The number of carbonyl (C=O) groups is 1. The molecule has 1 aromatic heterocycles. The average Bonchev–Trinajstić information content (AvgIpc) is 2.85. The maximum atomic E-state index is 13.1. The van der Waals surface area contributed by atoms with Gasteiger partial charge in [-0.3, -0.25) is 4.79 Å². The smallest absolute Gasteiger partial charge is 0.250 e. The second kappa shape index (κ2) is 6.93. The van der Waals surface area contributed by atoms with Crippen LogP contribution >= 0.6 is 0 Å². The van der Waals surface area contributed by atoms with Gasteiger partial charge in [0.2, 0.25) is 0 Å². The number of primary amides is 1. The zero-order valence-corrected chi connectivity index (χ0v) is 14.4. The standard InChI is InChI=1S/C21H21FN2O/c1-14-19(21(23)25)15(2)24(20(14)17-6-4-3-5-7-17)13-12-16-8-10-18(22)11-9-16/h3-11H,12-13H2,1-2H3,(H2,23,25). The molecule has 0 spiro atoms. The van der Waals surface area contributed by atoms with Crippen LogP contribution in [0.2, 0.25) is 0 Å². The molecule has 0 unspecified atom stereocenters. The summed E-state index contributed by atoms with van der Waals surface area (Å²) in [5.41, 5.74) is 11.1. The van der Waals surface area contributed by atoms with Gasteiger partial charge in [-0.2, -0.15) is 0 Å². The molecule has 0 saturated carbocycles. The fourth-order valence-electron chi connectivity index (χ4n) is 3.40. The summed E-state index contributed by atoms with van der Waals surface area (Å²) >= 11 is 0. The molecular formula is C21H21FN2O. The number of aromatic nitrogens is 1. The maximum Gasteiger partial charge on any atom is 0.250 e. The van der Waals surface area contributed by atoms with Crippen LogP contribution in [0, 0.1) is 19.7 Å². The molecule has 1 heterocycles. The summed E-state index contributed by atoms with van der Waals surface area (Å²) in [6.45, 7) is 4.55. The Morgan fingerprint density at radius 2 is 1.68 bits per heavy atom. The molecule has 0 aliphatic heterocycles. The summed E-state index contributed by atoms with van der Waals surface area (Å²) in [6.07, 6.45) is 0.743. The van der Waals surface area contributed by atoms with E-state index in [1.54, 1.807) is 12.1 Å².